The van der Waals surface area contributed by atoms with Crippen LogP contribution in [0.25, 0.3) is 0 Å². The van der Waals surface area contributed by atoms with E-state index in [0.29, 0.717) is 18.4 Å². The molecule has 0 N–H and O–H groups in total. The van der Waals surface area contributed by atoms with Gasteiger partial charge in [-0.3, -0.25) is 4.79 Å². The summed E-state index contributed by atoms with van der Waals surface area (Å²) >= 11 is 0. The summed E-state index contributed by atoms with van der Waals surface area (Å²) in [5, 5.41) is 0. The largest absolute Gasteiger partial charge is 0.466 e. The van der Waals surface area contributed by atoms with Crippen molar-refractivity contribution in [1.29, 1.82) is 0 Å². The summed E-state index contributed by atoms with van der Waals surface area (Å²) in [6.07, 6.45) is 10.5. The highest BCUT2D eigenvalue weighted by molar-refractivity contribution is 5.85. The fourth-order valence-corrected chi connectivity index (χ4v) is 3.67. The first-order chi connectivity index (χ1) is 10.3. The molecular formula is C19H29ClO2. The van der Waals surface area contributed by atoms with Crippen molar-refractivity contribution in [3.05, 3.63) is 35.9 Å². The molecule has 0 heterocycles. The molecule has 124 valence electrons. The predicted octanol–water partition coefficient (Wildman–Crippen LogP) is 5.43. The van der Waals surface area contributed by atoms with Crippen molar-refractivity contribution in [2.45, 2.75) is 70.1 Å². The second-order valence-electron chi connectivity index (χ2n) is 6.22. The van der Waals surface area contributed by atoms with Crippen LogP contribution in [0.5, 0.6) is 0 Å². The summed E-state index contributed by atoms with van der Waals surface area (Å²) in [6.45, 7) is 2.36. The van der Waals surface area contributed by atoms with Gasteiger partial charge < -0.3 is 4.74 Å². The van der Waals surface area contributed by atoms with Crippen LogP contribution in [0, 0.1) is 0 Å². The van der Waals surface area contributed by atoms with Crippen LogP contribution in [0.2, 0.25) is 0 Å². The second kappa shape index (κ2) is 9.89. The lowest BCUT2D eigenvalue weighted by Crippen LogP contribution is -2.29. The molecule has 1 aliphatic carbocycles. The number of halogens is 1. The molecule has 2 rings (SSSR count). The first kappa shape index (κ1) is 19.0. The molecule has 1 saturated carbocycles. The van der Waals surface area contributed by atoms with Crippen molar-refractivity contribution in [3.8, 4) is 0 Å². The Morgan fingerprint density at radius 3 is 2.41 bits per heavy atom. The maximum Gasteiger partial charge on any atom is 0.305 e. The Bertz CT molecular complexity index is 424. The van der Waals surface area contributed by atoms with Crippen LogP contribution in [-0.4, -0.2) is 12.6 Å². The van der Waals surface area contributed by atoms with E-state index in [0.717, 1.165) is 12.8 Å². The quantitative estimate of drug-likeness (QED) is 0.493. The maximum atomic E-state index is 11.4. The first-order valence-corrected chi connectivity index (χ1v) is 8.48. The first-order valence-electron chi connectivity index (χ1n) is 8.48. The van der Waals surface area contributed by atoms with E-state index in [4.69, 9.17) is 4.74 Å². The van der Waals surface area contributed by atoms with Crippen LogP contribution in [0.4, 0.5) is 0 Å². The normalized spacial score (nSPS) is 16.6. The summed E-state index contributed by atoms with van der Waals surface area (Å²) < 4.78 is 5.00. The molecule has 0 bridgehead atoms. The van der Waals surface area contributed by atoms with Crippen molar-refractivity contribution in [2.24, 2.45) is 0 Å². The molecule has 0 unspecified atom stereocenters. The monoisotopic (exact) mass is 324 g/mol. The lowest BCUT2D eigenvalue weighted by Gasteiger charge is -2.38. The molecule has 0 atom stereocenters. The third-order valence-corrected chi connectivity index (χ3v) is 4.79. The molecule has 0 amide bonds. The molecule has 1 aromatic rings. The van der Waals surface area contributed by atoms with Gasteiger partial charge in [0.05, 0.1) is 6.61 Å². The summed E-state index contributed by atoms with van der Waals surface area (Å²) in [6, 6.07) is 11.0. The Kier molecular flexibility index (Phi) is 8.55. The molecule has 1 aliphatic rings. The van der Waals surface area contributed by atoms with Gasteiger partial charge in [-0.1, -0.05) is 56.0 Å². The highest BCUT2D eigenvalue weighted by Crippen LogP contribution is 2.43. The van der Waals surface area contributed by atoms with Crippen LogP contribution in [0.15, 0.2) is 30.3 Å². The van der Waals surface area contributed by atoms with E-state index < -0.39 is 0 Å². The molecule has 0 aliphatic heterocycles. The van der Waals surface area contributed by atoms with E-state index in [9.17, 15) is 4.79 Å². The lowest BCUT2D eigenvalue weighted by molar-refractivity contribution is -0.143. The molecule has 0 aromatic heterocycles. The number of carbonyl (C=O) groups excluding carboxylic acids is 1. The molecule has 2 nitrogen and oxygen atoms in total. The van der Waals surface area contributed by atoms with Crippen LogP contribution in [0.1, 0.15) is 70.3 Å². The van der Waals surface area contributed by atoms with Gasteiger partial charge in [0.15, 0.2) is 0 Å². The average molecular weight is 325 g/mol. The molecule has 1 fully saturated rings. The third-order valence-electron chi connectivity index (χ3n) is 4.79. The Hall–Kier alpha value is -1.02. The zero-order valence-corrected chi connectivity index (χ0v) is 14.5. The van der Waals surface area contributed by atoms with E-state index >= 15 is 0 Å². The van der Waals surface area contributed by atoms with Crippen molar-refractivity contribution in [2.75, 3.05) is 6.61 Å². The molecule has 0 radical (unpaired) electrons. The van der Waals surface area contributed by atoms with Gasteiger partial charge in [0, 0.05) is 6.42 Å². The minimum atomic E-state index is -0.0464. The Morgan fingerprint density at radius 1 is 1.09 bits per heavy atom. The van der Waals surface area contributed by atoms with Crippen LogP contribution in [-0.2, 0) is 14.9 Å². The van der Waals surface area contributed by atoms with Crippen molar-refractivity contribution < 1.29 is 9.53 Å². The van der Waals surface area contributed by atoms with Gasteiger partial charge in [-0.25, -0.2) is 0 Å². The van der Waals surface area contributed by atoms with Gasteiger partial charge in [-0.05, 0) is 43.6 Å². The highest BCUT2D eigenvalue weighted by Gasteiger charge is 2.32. The number of hydrogen-bond acceptors (Lipinski definition) is 2. The van der Waals surface area contributed by atoms with Gasteiger partial charge in [0.25, 0.3) is 0 Å². The zero-order chi connectivity index (χ0) is 15.0. The van der Waals surface area contributed by atoms with Crippen molar-refractivity contribution in [3.63, 3.8) is 0 Å². The van der Waals surface area contributed by atoms with Crippen LogP contribution in [0.3, 0.4) is 0 Å². The summed E-state index contributed by atoms with van der Waals surface area (Å²) in [7, 11) is 0. The van der Waals surface area contributed by atoms with Gasteiger partial charge in [0.1, 0.15) is 0 Å². The topological polar surface area (TPSA) is 26.3 Å². The minimum Gasteiger partial charge on any atom is -0.466 e. The number of ether oxygens (including phenoxy) is 1. The summed E-state index contributed by atoms with van der Waals surface area (Å²) in [4.78, 5) is 11.4. The number of unbranched alkanes of at least 4 members (excludes halogenated alkanes) is 1. The fraction of sp³-hybridized carbons (Fsp3) is 0.632. The van der Waals surface area contributed by atoms with Crippen LogP contribution >= 0.6 is 12.4 Å². The number of carbonyl (C=O) groups is 1. The predicted molar refractivity (Wildman–Crippen MR) is 93.6 cm³/mol. The average Bonchev–Trinajstić information content (AvgIpc) is 2.54. The molecule has 3 heteroatoms. The lowest BCUT2D eigenvalue weighted by atomic mass is 9.66. The number of esters is 1. The van der Waals surface area contributed by atoms with Gasteiger partial charge in [-0.2, -0.15) is 0 Å². The third kappa shape index (κ3) is 5.31. The minimum absolute atomic E-state index is 0. The maximum absolute atomic E-state index is 11.4. The van der Waals surface area contributed by atoms with E-state index in [1.54, 1.807) is 0 Å². The standard InChI is InChI=1S/C19H28O2.ClH/c1-2-21-18(20)13-7-10-16-19(14-8-4-9-15-19)17-11-5-3-6-12-17;/h3,5-6,11-12H,2,4,7-10,13-16H2,1H3;1H. The van der Waals surface area contributed by atoms with Crippen LogP contribution < -0.4 is 0 Å². The number of rotatable bonds is 7. The second-order valence-corrected chi connectivity index (χ2v) is 6.22. The highest BCUT2D eigenvalue weighted by atomic mass is 35.5. The zero-order valence-electron chi connectivity index (χ0n) is 13.7. The number of hydrogen-bond donors (Lipinski definition) is 0. The van der Waals surface area contributed by atoms with Crippen molar-refractivity contribution in [1.82, 2.24) is 0 Å². The fourth-order valence-electron chi connectivity index (χ4n) is 3.67. The Balaban J connectivity index is 0.00000242. The summed E-state index contributed by atoms with van der Waals surface area (Å²) in [5.74, 6) is -0.0464. The van der Waals surface area contributed by atoms with Gasteiger partial charge >= 0.3 is 5.97 Å². The molecule has 0 saturated heterocycles. The Morgan fingerprint density at radius 2 is 1.77 bits per heavy atom. The molecule has 0 spiro atoms. The Labute approximate surface area is 141 Å². The summed E-state index contributed by atoms with van der Waals surface area (Å²) in [5.41, 5.74) is 1.86. The van der Waals surface area contributed by atoms with E-state index in [2.05, 4.69) is 30.3 Å². The van der Waals surface area contributed by atoms with E-state index in [-0.39, 0.29) is 18.4 Å². The van der Waals surface area contributed by atoms with E-state index in [1.165, 1.54) is 44.1 Å². The molecule has 22 heavy (non-hydrogen) atoms. The van der Waals surface area contributed by atoms with Gasteiger partial charge in [0.2, 0.25) is 0 Å². The van der Waals surface area contributed by atoms with Crippen molar-refractivity contribution >= 4 is 18.4 Å². The molecular weight excluding hydrogens is 296 g/mol. The molecule has 1 aromatic carbocycles. The SMILES string of the molecule is CCOC(=O)CCCCC1(c2ccccc2)CCCCC1.Cl. The smallest absolute Gasteiger partial charge is 0.305 e. The van der Waals surface area contributed by atoms with Gasteiger partial charge in [-0.15, -0.1) is 12.4 Å². The van der Waals surface area contributed by atoms with E-state index in [1.807, 2.05) is 6.92 Å². The number of benzene rings is 1.